The summed E-state index contributed by atoms with van der Waals surface area (Å²) in [4.78, 5) is 22.5. The van der Waals surface area contributed by atoms with Crippen molar-refractivity contribution in [3.8, 4) is 0 Å². The third-order valence-electron chi connectivity index (χ3n) is 5.26. The van der Waals surface area contributed by atoms with Gasteiger partial charge in [-0.05, 0) is 43.5 Å². The minimum atomic E-state index is -0.223. The number of H-pyrrole nitrogens is 1. The Kier molecular flexibility index (Phi) is 3.35. The van der Waals surface area contributed by atoms with Gasteiger partial charge in [0.05, 0.1) is 6.54 Å². The summed E-state index contributed by atoms with van der Waals surface area (Å²) >= 11 is 0. The second-order valence-corrected chi connectivity index (χ2v) is 6.93. The van der Waals surface area contributed by atoms with E-state index in [4.69, 9.17) is 9.40 Å². The molecule has 0 bridgehead atoms. The quantitative estimate of drug-likeness (QED) is 0.596. The number of hydrogen-bond donors (Lipinski definition) is 1. The van der Waals surface area contributed by atoms with Crippen LogP contribution in [0.4, 0.5) is 5.69 Å². The largest absolute Gasteiger partial charge is 0.449 e. The Bertz CT molecular complexity index is 1170. The summed E-state index contributed by atoms with van der Waals surface area (Å²) in [6.07, 6.45) is 2.18. The fraction of sp³-hybridized carbons (Fsp3) is 0.238. The lowest BCUT2D eigenvalue weighted by molar-refractivity contribution is 0.551. The van der Waals surface area contributed by atoms with Crippen molar-refractivity contribution in [2.24, 2.45) is 0 Å². The van der Waals surface area contributed by atoms with E-state index in [1.54, 1.807) is 0 Å². The number of fused-ring (bicyclic) bond motifs is 4. The number of aromatic amines is 1. The molecule has 130 valence electrons. The van der Waals surface area contributed by atoms with Gasteiger partial charge in [-0.3, -0.25) is 4.79 Å². The molecule has 0 unspecified atom stereocenters. The molecule has 0 aliphatic carbocycles. The van der Waals surface area contributed by atoms with Crippen molar-refractivity contribution in [3.63, 3.8) is 0 Å². The van der Waals surface area contributed by atoms with Gasteiger partial charge in [0.1, 0.15) is 16.9 Å². The molecule has 26 heavy (non-hydrogen) atoms. The highest BCUT2D eigenvalue weighted by Crippen LogP contribution is 2.31. The molecule has 5 nitrogen and oxygen atoms in total. The molecule has 1 aliphatic heterocycles. The maximum absolute atomic E-state index is 12.5. The maximum Gasteiger partial charge on any atom is 0.294 e. The molecule has 0 amide bonds. The fourth-order valence-corrected chi connectivity index (χ4v) is 3.88. The van der Waals surface area contributed by atoms with Crippen LogP contribution in [0.3, 0.4) is 0 Å². The van der Waals surface area contributed by atoms with Gasteiger partial charge in [0.25, 0.3) is 5.56 Å². The maximum atomic E-state index is 12.5. The van der Waals surface area contributed by atoms with Crippen molar-refractivity contribution in [2.45, 2.75) is 32.4 Å². The zero-order valence-corrected chi connectivity index (χ0v) is 14.5. The van der Waals surface area contributed by atoms with E-state index in [9.17, 15) is 4.79 Å². The van der Waals surface area contributed by atoms with E-state index >= 15 is 0 Å². The molecule has 3 heterocycles. The summed E-state index contributed by atoms with van der Waals surface area (Å²) in [7, 11) is 0. The molecule has 4 aromatic rings. The van der Waals surface area contributed by atoms with Crippen molar-refractivity contribution in [2.75, 3.05) is 4.90 Å². The summed E-state index contributed by atoms with van der Waals surface area (Å²) in [5.41, 5.74) is 3.97. The van der Waals surface area contributed by atoms with Gasteiger partial charge in [-0.15, -0.1) is 0 Å². The molecule has 1 aliphatic rings. The molecule has 0 saturated carbocycles. The van der Waals surface area contributed by atoms with Crippen molar-refractivity contribution < 1.29 is 4.42 Å². The third-order valence-corrected chi connectivity index (χ3v) is 5.26. The number of hydrogen-bond acceptors (Lipinski definition) is 4. The monoisotopic (exact) mass is 345 g/mol. The zero-order chi connectivity index (χ0) is 17.7. The molecule has 0 fully saturated rings. The summed E-state index contributed by atoms with van der Waals surface area (Å²) in [6, 6.07) is 16.5. The topological polar surface area (TPSA) is 62.1 Å². The first kappa shape index (κ1) is 15.2. The number of para-hydroxylation sites is 2. The summed E-state index contributed by atoms with van der Waals surface area (Å²) in [5, 5.41) is 0.877. The van der Waals surface area contributed by atoms with E-state index in [2.05, 4.69) is 41.1 Å². The van der Waals surface area contributed by atoms with E-state index in [1.807, 2.05) is 24.3 Å². The van der Waals surface area contributed by atoms with E-state index in [0.717, 1.165) is 18.2 Å². The third kappa shape index (κ3) is 2.31. The summed E-state index contributed by atoms with van der Waals surface area (Å²) in [6.45, 7) is 2.79. The Balaban J connectivity index is 1.62. The highest BCUT2D eigenvalue weighted by molar-refractivity contribution is 6.01. The first-order valence-corrected chi connectivity index (χ1v) is 8.96. The van der Waals surface area contributed by atoms with Crippen LogP contribution in [-0.2, 0) is 13.0 Å². The lowest BCUT2D eigenvalue weighted by atomic mass is 9.96. The van der Waals surface area contributed by atoms with Crippen LogP contribution in [0.2, 0.25) is 0 Å². The van der Waals surface area contributed by atoms with Crippen molar-refractivity contribution in [1.82, 2.24) is 9.97 Å². The van der Waals surface area contributed by atoms with E-state index in [1.165, 1.54) is 11.3 Å². The standard InChI is InChI=1S/C21H19N3O2/c1-13-10-11-14-6-2-4-8-16(14)24(13)12-18-22-19-15-7-3-5-9-17(15)26-20(19)21(25)23-18/h2-9,13H,10-12H2,1H3,(H,22,23,25)/t13-/m1/s1. The predicted octanol–water partition coefficient (Wildman–Crippen LogP) is 4.01. The summed E-state index contributed by atoms with van der Waals surface area (Å²) in [5.74, 6) is 0.664. The molecular formula is C21H19N3O2. The average molecular weight is 345 g/mol. The van der Waals surface area contributed by atoms with Gasteiger partial charge < -0.3 is 14.3 Å². The molecule has 1 N–H and O–H groups in total. The summed E-state index contributed by atoms with van der Waals surface area (Å²) < 4.78 is 5.69. The lowest BCUT2D eigenvalue weighted by Crippen LogP contribution is -2.37. The fourth-order valence-electron chi connectivity index (χ4n) is 3.88. The number of nitrogens with one attached hydrogen (secondary N) is 1. The highest BCUT2D eigenvalue weighted by Gasteiger charge is 2.24. The van der Waals surface area contributed by atoms with Crippen LogP contribution in [0.25, 0.3) is 22.1 Å². The highest BCUT2D eigenvalue weighted by atomic mass is 16.3. The molecule has 1 atom stereocenters. The number of aromatic nitrogens is 2. The van der Waals surface area contributed by atoms with Gasteiger partial charge in [-0.25, -0.2) is 4.98 Å². The molecule has 5 rings (SSSR count). The second kappa shape index (κ2) is 5.73. The van der Waals surface area contributed by atoms with Crippen LogP contribution >= 0.6 is 0 Å². The normalized spacial score (nSPS) is 17.0. The van der Waals surface area contributed by atoms with Crippen molar-refractivity contribution in [3.05, 3.63) is 70.3 Å². The molecule has 0 radical (unpaired) electrons. The molecule has 2 aromatic heterocycles. The number of furan rings is 1. The minimum absolute atomic E-state index is 0.223. The smallest absolute Gasteiger partial charge is 0.294 e. The molecule has 2 aromatic carbocycles. The average Bonchev–Trinajstić information content (AvgIpc) is 3.04. The van der Waals surface area contributed by atoms with E-state index in [-0.39, 0.29) is 5.56 Å². The van der Waals surface area contributed by atoms with Crippen molar-refractivity contribution >= 4 is 27.8 Å². The zero-order valence-electron chi connectivity index (χ0n) is 14.5. The predicted molar refractivity (Wildman–Crippen MR) is 103 cm³/mol. The Morgan fingerprint density at radius 3 is 2.92 bits per heavy atom. The van der Waals surface area contributed by atoms with Crippen molar-refractivity contribution in [1.29, 1.82) is 0 Å². The van der Waals surface area contributed by atoms with Gasteiger partial charge in [0, 0.05) is 17.1 Å². The lowest BCUT2D eigenvalue weighted by Gasteiger charge is -2.36. The minimum Gasteiger partial charge on any atom is -0.449 e. The molecule has 0 saturated heterocycles. The van der Waals surface area contributed by atoms with E-state index in [0.29, 0.717) is 35.1 Å². The van der Waals surface area contributed by atoms with Crippen LogP contribution < -0.4 is 10.5 Å². The van der Waals surface area contributed by atoms with Gasteiger partial charge in [-0.2, -0.15) is 0 Å². The van der Waals surface area contributed by atoms with Crippen LogP contribution in [0, 0.1) is 0 Å². The first-order valence-electron chi connectivity index (χ1n) is 8.96. The molecular weight excluding hydrogens is 326 g/mol. The number of nitrogens with zero attached hydrogens (tertiary/aromatic N) is 2. The van der Waals surface area contributed by atoms with Gasteiger partial charge >= 0.3 is 0 Å². The number of aryl methyl sites for hydroxylation is 1. The molecule has 0 spiro atoms. The number of rotatable bonds is 2. The molecule has 5 heteroatoms. The Morgan fingerprint density at radius 2 is 2.00 bits per heavy atom. The van der Waals surface area contributed by atoms with Crippen LogP contribution in [0.5, 0.6) is 0 Å². The van der Waals surface area contributed by atoms with Crippen LogP contribution in [0.1, 0.15) is 24.7 Å². The van der Waals surface area contributed by atoms with Crippen LogP contribution in [-0.4, -0.2) is 16.0 Å². The number of benzene rings is 2. The van der Waals surface area contributed by atoms with Gasteiger partial charge in [0.2, 0.25) is 5.58 Å². The first-order chi connectivity index (χ1) is 12.7. The van der Waals surface area contributed by atoms with Gasteiger partial charge in [-0.1, -0.05) is 30.3 Å². The Morgan fingerprint density at radius 1 is 1.19 bits per heavy atom. The Labute approximate surface area is 150 Å². The number of anilines is 1. The van der Waals surface area contributed by atoms with Crippen LogP contribution in [0.15, 0.2) is 57.7 Å². The Hall–Kier alpha value is -3.08. The van der Waals surface area contributed by atoms with E-state index < -0.39 is 0 Å². The SMILES string of the molecule is C[C@@H]1CCc2ccccc2N1Cc1nc2c(oc3ccccc32)c(=O)[nH]1. The van der Waals surface area contributed by atoms with Gasteiger partial charge in [0.15, 0.2) is 0 Å². The second-order valence-electron chi connectivity index (χ2n) is 6.93.